The third-order valence-electron chi connectivity index (χ3n) is 5.17. The molecule has 0 aliphatic heterocycles. The van der Waals surface area contributed by atoms with Crippen LogP contribution in [0.3, 0.4) is 0 Å². The summed E-state index contributed by atoms with van der Waals surface area (Å²) in [5, 5.41) is 11.6. The van der Waals surface area contributed by atoms with Gasteiger partial charge in [0.15, 0.2) is 5.60 Å². The summed E-state index contributed by atoms with van der Waals surface area (Å²) in [4.78, 5) is 2.99. The van der Waals surface area contributed by atoms with Crippen LogP contribution >= 0.6 is 0 Å². The van der Waals surface area contributed by atoms with Crippen LogP contribution < -0.4 is 4.74 Å². The predicted octanol–water partition coefficient (Wildman–Crippen LogP) is 5.38. The van der Waals surface area contributed by atoms with Crippen molar-refractivity contribution in [1.82, 2.24) is 4.98 Å². The topological polar surface area (TPSA) is 45.2 Å². The van der Waals surface area contributed by atoms with Gasteiger partial charge in [-0.3, -0.25) is 0 Å². The highest BCUT2D eigenvalue weighted by Gasteiger charge is 2.56. The largest absolute Gasteiger partial charge is 0.496 e. The molecule has 0 saturated carbocycles. The fourth-order valence-corrected chi connectivity index (χ4v) is 3.84. The minimum Gasteiger partial charge on any atom is -0.496 e. The number of alkyl halides is 3. The number of hydrogen-bond donors (Lipinski definition) is 2. The predicted molar refractivity (Wildman–Crippen MR) is 104 cm³/mol. The molecule has 28 heavy (non-hydrogen) atoms. The Labute approximate surface area is 162 Å². The van der Waals surface area contributed by atoms with Crippen LogP contribution in [0.2, 0.25) is 0 Å². The Morgan fingerprint density at radius 1 is 1.00 bits per heavy atom. The first-order valence-electron chi connectivity index (χ1n) is 9.05. The number of hydrogen-bond acceptors (Lipinski definition) is 2. The van der Waals surface area contributed by atoms with E-state index >= 15 is 0 Å². The molecule has 0 aliphatic carbocycles. The summed E-state index contributed by atoms with van der Waals surface area (Å²) in [5.74, 6) is 0.502. The molecule has 1 atom stereocenters. The van der Waals surface area contributed by atoms with Gasteiger partial charge < -0.3 is 14.8 Å². The second-order valence-corrected chi connectivity index (χ2v) is 7.85. The highest BCUT2D eigenvalue weighted by atomic mass is 19.4. The smallest absolute Gasteiger partial charge is 0.417 e. The molecule has 0 fully saturated rings. The second kappa shape index (κ2) is 7.17. The van der Waals surface area contributed by atoms with Crippen LogP contribution in [0, 0.1) is 0 Å². The number of H-pyrrole nitrogens is 1. The van der Waals surface area contributed by atoms with Crippen molar-refractivity contribution in [3.8, 4) is 5.75 Å². The van der Waals surface area contributed by atoms with Crippen LogP contribution in [0.5, 0.6) is 5.75 Å². The summed E-state index contributed by atoms with van der Waals surface area (Å²) in [6, 6.07) is 15.9. The Kier molecular flexibility index (Phi) is 5.19. The van der Waals surface area contributed by atoms with Crippen molar-refractivity contribution >= 4 is 10.9 Å². The maximum absolute atomic E-state index is 14.0. The van der Waals surface area contributed by atoms with Gasteiger partial charge in [0.05, 0.1) is 7.11 Å². The number of aromatic amines is 1. The first-order valence-corrected chi connectivity index (χ1v) is 9.05. The molecule has 0 aliphatic rings. The molecule has 3 rings (SSSR count). The zero-order valence-electron chi connectivity index (χ0n) is 16.1. The monoisotopic (exact) mass is 391 g/mol. The van der Waals surface area contributed by atoms with E-state index in [2.05, 4.69) is 4.98 Å². The molecule has 1 unspecified atom stereocenters. The average molecular weight is 391 g/mol. The number of nitrogens with one attached hydrogen (secondary N) is 1. The van der Waals surface area contributed by atoms with Crippen molar-refractivity contribution in [2.24, 2.45) is 0 Å². The molecule has 0 radical (unpaired) electrons. The number of benzene rings is 2. The Hall–Kier alpha value is -2.47. The van der Waals surface area contributed by atoms with E-state index in [1.807, 2.05) is 18.2 Å². The highest BCUT2D eigenvalue weighted by molar-refractivity contribution is 5.80. The van der Waals surface area contributed by atoms with Gasteiger partial charge in [-0.05, 0) is 41.0 Å². The molecule has 0 amide bonds. The molecule has 6 heteroatoms. The number of halogens is 3. The molecule has 0 bridgehead atoms. The van der Waals surface area contributed by atoms with Crippen LogP contribution in [0.4, 0.5) is 13.2 Å². The SMILES string of the molecule is COc1ccccc1C(C)(C)CC(O)(Cc1cc2ccccc2[nH]1)C(F)(F)F. The van der Waals surface area contributed by atoms with E-state index in [0.717, 1.165) is 10.9 Å². The molecule has 3 aromatic rings. The average Bonchev–Trinajstić information content (AvgIpc) is 3.02. The van der Waals surface area contributed by atoms with Crippen LogP contribution in [0.15, 0.2) is 54.6 Å². The number of methoxy groups -OCH3 is 1. The highest BCUT2D eigenvalue weighted by Crippen LogP contribution is 2.45. The lowest BCUT2D eigenvalue weighted by Gasteiger charge is -2.38. The maximum atomic E-state index is 14.0. The fourth-order valence-electron chi connectivity index (χ4n) is 3.84. The van der Waals surface area contributed by atoms with Crippen LogP contribution in [0.1, 0.15) is 31.5 Å². The van der Waals surface area contributed by atoms with Crippen LogP contribution in [-0.2, 0) is 11.8 Å². The van der Waals surface area contributed by atoms with Gasteiger partial charge in [0, 0.05) is 17.6 Å². The van der Waals surface area contributed by atoms with Crippen molar-refractivity contribution < 1.29 is 23.0 Å². The van der Waals surface area contributed by atoms with Crippen molar-refractivity contribution in [3.63, 3.8) is 0 Å². The van der Waals surface area contributed by atoms with Gasteiger partial charge in [-0.2, -0.15) is 13.2 Å². The zero-order valence-corrected chi connectivity index (χ0v) is 16.1. The summed E-state index contributed by atoms with van der Waals surface area (Å²) in [5.41, 5.74) is -2.15. The molecule has 3 nitrogen and oxygen atoms in total. The summed E-state index contributed by atoms with van der Waals surface area (Å²) >= 11 is 0. The van der Waals surface area contributed by atoms with Crippen LogP contribution in [0.25, 0.3) is 10.9 Å². The minimum absolute atomic E-state index is 0.344. The molecule has 1 aromatic heterocycles. The number of rotatable bonds is 6. The van der Waals surface area contributed by atoms with E-state index in [-0.39, 0.29) is 0 Å². The molecule has 2 N–H and O–H groups in total. The molecular formula is C22H24F3NO2. The van der Waals surface area contributed by atoms with E-state index in [9.17, 15) is 18.3 Å². The number of aliphatic hydroxyl groups is 1. The van der Waals surface area contributed by atoms with Crippen molar-refractivity contribution in [1.29, 1.82) is 0 Å². The lowest BCUT2D eigenvalue weighted by Crippen LogP contribution is -2.50. The van der Waals surface area contributed by atoms with E-state index in [1.165, 1.54) is 7.11 Å². The maximum Gasteiger partial charge on any atom is 0.417 e. The molecule has 0 spiro atoms. The van der Waals surface area contributed by atoms with Gasteiger partial charge in [0.25, 0.3) is 0 Å². The lowest BCUT2D eigenvalue weighted by atomic mass is 9.73. The number of para-hydroxylation sites is 2. The third kappa shape index (κ3) is 3.87. The summed E-state index contributed by atoms with van der Waals surface area (Å²) < 4.78 is 47.3. The first kappa shape index (κ1) is 20.3. The number of aromatic nitrogens is 1. The quantitative estimate of drug-likeness (QED) is 0.593. The molecule has 1 heterocycles. The van der Waals surface area contributed by atoms with Crippen molar-refractivity contribution in [2.75, 3.05) is 7.11 Å². The number of ether oxygens (including phenoxy) is 1. The fraction of sp³-hybridized carbons (Fsp3) is 0.364. The van der Waals surface area contributed by atoms with E-state index in [4.69, 9.17) is 4.74 Å². The minimum atomic E-state index is -4.79. The molecular weight excluding hydrogens is 367 g/mol. The van der Waals surface area contributed by atoms with Crippen molar-refractivity contribution in [3.05, 3.63) is 65.9 Å². The van der Waals surface area contributed by atoms with Gasteiger partial charge in [-0.15, -0.1) is 0 Å². The van der Waals surface area contributed by atoms with Gasteiger partial charge in [0.1, 0.15) is 5.75 Å². The first-order chi connectivity index (χ1) is 13.1. The van der Waals surface area contributed by atoms with Crippen molar-refractivity contribution in [2.45, 2.75) is 43.9 Å². The Balaban J connectivity index is 1.97. The molecule has 150 valence electrons. The Morgan fingerprint density at radius 2 is 1.64 bits per heavy atom. The summed E-state index contributed by atoms with van der Waals surface area (Å²) in [6.45, 7) is 3.37. The van der Waals surface area contributed by atoms with Gasteiger partial charge >= 0.3 is 6.18 Å². The Morgan fingerprint density at radius 3 is 2.29 bits per heavy atom. The third-order valence-corrected chi connectivity index (χ3v) is 5.17. The molecule has 0 saturated heterocycles. The number of fused-ring (bicyclic) bond motifs is 1. The van der Waals surface area contributed by atoms with Gasteiger partial charge in [0.2, 0.25) is 0 Å². The lowest BCUT2D eigenvalue weighted by molar-refractivity contribution is -0.266. The van der Waals surface area contributed by atoms with Gasteiger partial charge in [-0.1, -0.05) is 50.2 Å². The Bertz CT molecular complexity index is 929. The summed E-state index contributed by atoms with van der Waals surface area (Å²) in [6.07, 6.45) is -5.84. The van der Waals surface area contributed by atoms with Crippen LogP contribution in [-0.4, -0.2) is 29.0 Å². The normalized spacial score (nSPS) is 14.8. The molecule has 2 aromatic carbocycles. The van der Waals surface area contributed by atoms with E-state index in [0.29, 0.717) is 17.0 Å². The zero-order chi connectivity index (χ0) is 20.6. The van der Waals surface area contributed by atoms with E-state index in [1.54, 1.807) is 50.2 Å². The second-order valence-electron chi connectivity index (χ2n) is 7.85. The van der Waals surface area contributed by atoms with E-state index < -0.39 is 30.0 Å². The standard InChI is InChI=1S/C22H24F3NO2/c1-20(2,17-9-5-7-11-19(17)28-3)14-21(27,22(23,24)25)13-16-12-15-8-4-6-10-18(15)26-16/h4-12,26-27H,13-14H2,1-3H3. The van der Waals surface area contributed by atoms with Gasteiger partial charge in [-0.25, -0.2) is 0 Å². The summed E-state index contributed by atoms with van der Waals surface area (Å²) in [7, 11) is 1.48.